The Morgan fingerprint density at radius 1 is 1.47 bits per heavy atom. The molecule has 2 rings (SSSR count). The lowest BCUT2D eigenvalue weighted by Gasteiger charge is -2.02. The second-order valence-corrected chi connectivity index (χ2v) is 4.67. The molecule has 1 unspecified atom stereocenters. The van der Waals surface area contributed by atoms with E-state index in [2.05, 4.69) is 31.1 Å². The van der Waals surface area contributed by atoms with E-state index in [-0.39, 0.29) is 6.04 Å². The predicted molar refractivity (Wildman–Crippen MR) is 67.2 cm³/mol. The van der Waals surface area contributed by atoms with Crippen LogP contribution in [0.1, 0.15) is 19.2 Å². The van der Waals surface area contributed by atoms with Gasteiger partial charge in [0.25, 0.3) is 5.89 Å². The average molecular weight is 297 g/mol. The summed E-state index contributed by atoms with van der Waals surface area (Å²) in [6.45, 7) is 2.03. The summed E-state index contributed by atoms with van der Waals surface area (Å²) in [5.74, 6) is 1.05. The third-order valence-electron chi connectivity index (χ3n) is 2.38. The second kappa shape index (κ2) is 5.37. The smallest absolute Gasteiger partial charge is 0.276 e. The van der Waals surface area contributed by atoms with Crippen LogP contribution < -0.4 is 5.73 Å². The fraction of sp³-hybridized carbons (Fsp3) is 0.364. The van der Waals surface area contributed by atoms with Gasteiger partial charge in [0, 0.05) is 23.1 Å². The van der Waals surface area contributed by atoms with Crippen LogP contribution in [0.15, 0.2) is 27.3 Å². The van der Waals surface area contributed by atoms with Gasteiger partial charge in [0.15, 0.2) is 5.82 Å². The van der Waals surface area contributed by atoms with Crippen molar-refractivity contribution in [1.82, 2.24) is 15.1 Å². The van der Waals surface area contributed by atoms with Gasteiger partial charge in [-0.15, -0.1) is 0 Å². The van der Waals surface area contributed by atoms with Crippen LogP contribution in [0.5, 0.6) is 0 Å². The number of halogens is 1. The molecule has 0 saturated heterocycles. The molecule has 2 N–H and O–H groups in total. The Kier molecular flexibility index (Phi) is 3.86. The zero-order chi connectivity index (χ0) is 12.3. The van der Waals surface area contributed by atoms with Crippen LogP contribution in [-0.2, 0) is 6.42 Å². The lowest BCUT2D eigenvalue weighted by atomic mass is 10.2. The molecule has 5 nitrogen and oxygen atoms in total. The molecular weight excluding hydrogens is 284 g/mol. The van der Waals surface area contributed by atoms with Gasteiger partial charge in [-0.1, -0.05) is 12.1 Å². The molecule has 0 bridgehead atoms. The summed E-state index contributed by atoms with van der Waals surface area (Å²) in [6, 6.07) is 3.77. The SMILES string of the molecule is CCC(N)Cc1noc(-c2ccc(Br)cn2)n1. The van der Waals surface area contributed by atoms with Crippen LogP contribution in [0.2, 0.25) is 0 Å². The summed E-state index contributed by atoms with van der Waals surface area (Å²) in [5, 5.41) is 3.89. The normalized spacial score (nSPS) is 12.6. The topological polar surface area (TPSA) is 77.8 Å². The number of aromatic nitrogens is 3. The fourth-order valence-electron chi connectivity index (χ4n) is 1.32. The van der Waals surface area contributed by atoms with Gasteiger partial charge in [-0.3, -0.25) is 0 Å². The Labute approximate surface area is 108 Å². The van der Waals surface area contributed by atoms with Crippen molar-refractivity contribution in [2.75, 3.05) is 0 Å². The van der Waals surface area contributed by atoms with Crippen molar-refractivity contribution in [3.63, 3.8) is 0 Å². The fourth-order valence-corrected chi connectivity index (χ4v) is 1.56. The van der Waals surface area contributed by atoms with Gasteiger partial charge >= 0.3 is 0 Å². The molecule has 0 aliphatic carbocycles. The Morgan fingerprint density at radius 3 is 2.94 bits per heavy atom. The Morgan fingerprint density at radius 2 is 2.29 bits per heavy atom. The molecule has 0 spiro atoms. The molecule has 0 saturated carbocycles. The third kappa shape index (κ3) is 3.10. The molecule has 0 aromatic carbocycles. The first-order valence-electron chi connectivity index (χ1n) is 5.39. The summed E-state index contributed by atoms with van der Waals surface area (Å²) in [5.41, 5.74) is 6.49. The van der Waals surface area contributed by atoms with E-state index in [1.807, 2.05) is 19.1 Å². The largest absolute Gasteiger partial charge is 0.332 e. The number of nitrogens with zero attached hydrogens (tertiary/aromatic N) is 3. The van der Waals surface area contributed by atoms with E-state index >= 15 is 0 Å². The highest BCUT2D eigenvalue weighted by Crippen LogP contribution is 2.17. The van der Waals surface area contributed by atoms with E-state index < -0.39 is 0 Å². The molecule has 2 aromatic heterocycles. The van der Waals surface area contributed by atoms with Gasteiger partial charge in [0.2, 0.25) is 0 Å². The van der Waals surface area contributed by atoms with E-state index in [1.54, 1.807) is 6.20 Å². The molecule has 2 aromatic rings. The number of rotatable bonds is 4. The third-order valence-corrected chi connectivity index (χ3v) is 2.85. The van der Waals surface area contributed by atoms with Crippen molar-refractivity contribution in [2.45, 2.75) is 25.8 Å². The Balaban J connectivity index is 2.15. The minimum Gasteiger partial charge on any atom is -0.332 e. The first kappa shape index (κ1) is 12.2. The first-order valence-corrected chi connectivity index (χ1v) is 6.18. The lowest BCUT2D eigenvalue weighted by Crippen LogP contribution is -2.21. The van der Waals surface area contributed by atoms with Crippen LogP contribution in [0.25, 0.3) is 11.6 Å². The van der Waals surface area contributed by atoms with Gasteiger partial charge < -0.3 is 10.3 Å². The minimum absolute atomic E-state index is 0.0679. The number of hydrogen-bond acceptors (Lipinski definition) is 5. The van der Waals surface area contributed by atoms with Crippen LogP contribution in [0.4, 0.5) is 0 Å². The maximum absolute atomic E-state index is 5.83. The van der Waals surface area contributed by atoms with Crippen LogP contribution >= 0.6 is 15.9 Å². The van der Waals surface area contributed by atoms with Crippen molar-refractivity contribution in [3.05, 3.63) is 28.6 Å². The van der Waals surface area contributed by atoms with Crippen molar-refractivity contribution >= 4 is 15.9 Å². The molecule has 6 heteroatoms. The summed E-state index contributed by atoms with van der Waals surface area (Å²) >= 11 is 3.32. The van der Waals surface area contributed by atoms with Gasteiger partial charge in [0.05, 0.1) is 0 Å². The van der Waals surface area contributed by atoms with E-state index in [4.69, 9.17) is 10.3 Å². The first-order chi connectivity index (χ1) is 8.19. The van der Waals surface area contributed by atoms with E-state index in [1.165, 1.54) is 0 Å². The molecule has 90 valence electrons. The summed E-state index contributed by atoms with van der Waals surface area (Å²) < 4.78 is 6.05. The molecule has 0 aliphatic heterocycles. The van der Waals surface area contributed by atoms with Gasteiger partial charge in [-0.05, 0) is 34.5 Å². The van der Waals surface area contributed by atoms with E-state index in [0.717, 1.165) is 10.9 Å². The average Bonchev–Trinajstić information content (AvgIpc) is 2.78. The molecule has 1 atom stereocenters. The van der Waals surface area contributed by atoms with Crippen molar-refractivity contribution < 1.29 is 4.52 Å². The van der Waals surface area contributed by atoms with Gasteiger partial charge in [0.1, 0.15) is 5.69 Å². The lowest BCUT2D eigenvalue weighted by molar-refractivity contribution is 0.418. The zero-order valence-electron chi connectivity index (χ0n) is 9.43. The summed E-state index contributed by atoms with van der Waals surface area (Å²) in [7, 11) is 0. The zero-order valence-corrected chi connectivity index (χ0v) is 11.0. The maximum atomic E-state index is 5.83. The molecular formula is C11H13BrN4O. The molecule has 0 fully saturated rings. The standard InChI is InChI=1S/C11H13BrN4O/c1-2-8(13)5-10-15-11(17-16-10)9-4-3-7(12)6-14-9/h3-4,6,8H,2,5,13H2,1H3. The minimum atomic E-state index is 0.0679. The van der Waals surface area contributed by atoms with E-state index in [9.17, 15) is 0 Å². The summed E-state index contributed by atoms with van der Waals surface area (Å²) in [6.07, 6.45) is 3.20. The number of nitrogens with two attached hydrogens (primary N) is 1. The van der Waals surface area contributed by atoms with Crippen molar-refractivity contribution in [3.8, 4) is 11.6 Å². The van der Waals surface area contributed by atoms with Crippen LogP contribution in [-0.4, -0.2) is 21.2 Å². The van der Waals surface area contributed by atoms with Gasteiger partial charge in [-0.2, -0.15) is 4.98 Å². The summed E-state index contributed by atoms with van der Waals surface area (Å²) in [4.78, 5) is 8.45. The Hall–Kier alpha value is -1.27. The second-order valence-electron chi connectivity index (χ2n) is 3.75. The molecule has 17 heavy (non-hydrogen) atoms. The monoisotopic (exact) mass is 296 g/mol. The molecule has 2 heterocycles. The van der Waals surface area contributed by atoms with Crippen LogP contribution in [0, 0.1) is 0 Å². The highest BCUT2D eigenvalue weighted by molar-refractivity contribution is 9.10. The van der Waals surface area contributed by atoms with Crippen LogP contribution in [0.3, 0.4) is 0 Å². The Bertz CT molecular complexity index is 482. The van der Waals surface area contributed by atoms with E-state index in [0.29, 0.717) is 23.8 Å². The maximum Gasteiger partial charge on any atom is 0.276 e. The van der Waals surface area contributed by atoms with Crippen molar-refractivity contribution in [2.24, 2.45) is 5.73 Å². The predicted octanol–water partition coefficient (Wildman–Crippen LogP) is 2.17. The molecule has 0 radical (unpaired) electrons. The number of hydrogen-bond donors (Lipinski definition) is 1. The quantitative estimate of drug-likeness (QED) is 0.935. The highest BCUT2D eigenvalue weighted by Gasteiger charge is 2.11. The highest BCUT2D eigenvalue weighted by atomic mass is 79.9. The van der Waals surface area contributed by atoms with Crippen molar-refractivity contribution in [1.29, 1.82) is 0 Å². The number of pyridine rings is 1. The van der Waals surface area contributed by atoms with Gasteiger partial charge in [-0.25, -0.2) is 4.98 Å². The molecule has 0 amide bonds. The molecule has 0 aliphatic rings.